The average molecular weight is 1050 g/mol. The van der Waals surface area contributed by atoms with Crippen LogP contribution in [0.15, 0.2) is 48.6 Å². The standard InChI is InChI=1S/C69H126O6/c1-4-7-10-13-16-19-22-24-26-28-29-30-31-32-33-34-35-36-37-38-39-40-41-42-44-45-47-50-53-56-59-62-68(71)74-65-66(64-73-67(70)61-58-55-52-49-21-18-15-12-9-6-3)75-69(72)63-60-57-54-51-48-46-43-27-25-23-20-17-14-11-8-5-2/h22,24,27-29,31-32,43,66H,4-21,23,25-26,30,33-42,44-65H2,1-3H3/b24-22-,29-28-,32-31-,43-27-. The second kappa shape index (κ2) is 63.9. The third-order valence-corrected chi connectivity index (χ3v) is 14.8. The first-order valence-corrected chi connectivity index (χ1v) is 33.1. The van der Waals surface area contributed by atoms with Crippen molar-refractivity contribution >= 4 is 17.9 Å². The maximum absolute atomic E-state index is 12.9. The monoisotopic (exact) mass is 1050 g/mol. The quantitative estimate of drug-likeness (QED) is 0.0261. The smallest absolute Gasteiger partial charge is 0.306 e. The highest BCUT2D eigenvalue weighted by Gasteiger charge is 2.19. The van der Waals surface area contributed by atoms with E-state index in [9.17, 15) is 14.4 Å². The van der Waals surface area contributed by atoms with Gasteiger partial charge in [0, 0.05) is 19.3 Å². The van der Waals surface area contributed by atoms with Gasteiger partial charge < -0.3 is 14.2 Å². The minimum atomic E-state index is -0.774. The van der Waals surface area contributed by atoms with Crippen molar-refractivity contribution in [1.29, 1.82) is 0 Å². The van der Waals surface area contributed by atoms with Crippen molar-refractivity contribution in [2.24, 2.45) is 0 Å². The van der Waals surface area contributed by atoms with E-state index in [2.05, 4.69) is 69.4 Å². The van der Waals surface area contributed by atoms with Crippen molar-refractivity contribution < 1.29 is 28.6 Å². The van der Waals surface area contributed by atoms with E-state index in [1.807, 2.05) is 0 Å². The molecule has 0 amide bonds. The fourth-order valence-corrected chi connectivity index (χ4v) is 9.80. The Bertz CT molecular complexity index is 1300. The summed E-state index contributed by atoms with van der Waals surface area (Å²) < 4.78 is 16.9. The summed E-state index contributed by atoms with van der Waals surface area (Å²) in [7, 11) is 0. The van der Waals surface area contributed by atoms with Crippen molar-refractivity contribution in [2.75, 3.05) is 13.2 Å². The summed E-state index contributed by atoms with van der Waals surface area (Å²) in [5.74, 6) is -0.862. The van der Waals surface area contributed by atoms with Gasteiger partial charge in [-0.05, 0) is 83.5 Å². The first-order chi connectivity index (χ1) is 37.0. The van der Waals surface area contributed by atoms with Gasteiger partial charge in [0.25, 0.3) is 0 Å². The van der Waals surface area contributed by atoms with Gasteiger partial charge in [-0.15, -0.1) is 0 Å². The van der Waals surface area contributed by atoms with Crippen LogP contribution >= 0.6 is 0 Å². The number of rotatable bonds is 61. The van der Waals surface area contributed by atoms with Gasteiger partial charge in [-0.2, -0.15) is 0 Å². The van der Waals surface area contributed by atoms with Gasteiger partial charge in [0.15, 0.2) is 6.10 Å². The van der Waals surface area contributed by atoms with Crippen LogP contribution in [-0.4, -0.2) is 37.2 Å². The molecule has 0 aromatic carbocycles. The van der Waals surface area contributed by atoms with Gasteiger partial charge in [0.2, 0.25) is 0 Å². The molecular formula is C69H126O6. The minimum Gasteiger partial charge on any atom is -0.462 e. The molecule has 0 aliphatic carbocycles. The van der Waals surface area contributed by atoms with E-state index >= 15 is 0 Å². The second-order valence-electron chi connectivity index (χ2n) is 22.4. The molecule has 0 radical (unpaired) electrons. The number of ether oxygens (including phenoxy) is 3. The minimum absolute atomic E-state index is 0.0718. The molecule has 438 valence electrons. The molecule has 0 saturated carbocycles. The van der Waals surface area contributed by atoms with Crippen molar-refractivity contribution in [2.45, 2.75) is 361 Å². The lowest BCUT2D eigenvalue weighted by atomic mass is 10.0. The van der Waals surface area contributed by atoms with E-state index in [0.29, 0.717) is 19.3 Å². The Morgan fingerprint density at radius 1 is 0.267 bits per heavy atom. The average Bonchev–Trinajstić information content (AvgIpc) is 3.41. The van der Waals surface area contributed by atoms with E-state index in [-0.39, 0.29) is 31.1 Å². The lowest BCUT2D eigenvalue weighted by Crippen LogP contribution is -2.30. The molecule has 0 aliphatic heterocycles. The highest BCUT2D eigenvalue weighted by Crippen LogP contribution is 2.17. The fourth-order valence-electron chi connectivity index (χ4n) is 9.80. The molecule has 75 heavy (non-hydrogen) atoms. The van der Waals surface area contributed by atoms with Crippen LogP contribution in [0.1, 0.15) is 355 Å². The van der Waals surface area contributed by atoms with Gasteiger partial charge in [0.05, 0.1) is 0 Å². The number of esters is 3. The van der Waals surface area contributed by atoms with Crippen molar-refractivity contribution in [1.82, 2.24) is 0 Å². The summed E-state index contributed by atoms with van der Waals surface area (Å²) in [5.41, 5.74) is 0. The molecule has 0 aliphatic rings. The summed E-state index contributed by atoms with van der Waals surface area (Å²) in [6.07, 6.45) is 80.0. The van der Waals surface area contributed by atoms with E-state index in [1.165, 1.54) is 238 Å². The number of hydrogen-bond acceptors (Lipinski definition) is 6. The Morgan fingerprint density at radius 2 is 0.480 bits per heavy atom. The van der Waals surface area contributed by atoms with E-state index < -0.39 is 6.10 Å². The second-order valence-corrected chi connectivity index (χ2v) is 22.4. The van der Waals surface area contributed by atoms with Crippen LogP contribution in [0.25, 0.3) is 0 Å². The molecule has 6 heteroatoms. The first kappa shape index (κ1) is 72.4. The summed E-state index contributed by atoms with van der Waals surface area (Å²) in [6.45, 7) is 6.65. The maximum atomic E-state index is 12.9. The molecule has 0 aromatic heterocycles. The van der Waals surface area contributed by atoms with Gasteiger partial charge in [-0.1, -0.05) is 301 Å². The van der Waals surface area contributed by atoms with Gasteiger partial charge in [0.1, 0.15) is 13.2 Å². The molecule has 0 rings (SSSR count). The summed E-state index contributed by atoms with van der Waals surface area (Å²) >= 11 is 0. The molecular weight excluding hydrogens is 925 g/mol. The highest BCUT2D eigenvalue weighted by molar-refractivity contribution is 5.71. The molecule has 0 N–H and O–H groups in total. The summed E-state index contributed by atoms with van der Waals surface area (Å²) in [5, 5.41) is 0. The number of hydrogen-bond donors (Lipinski definition) is 0. The van der Waals surface area contributed by atoms with Gasteiger partial charge >= 0.3 is 17.9 Å². The third-order valence-electron chi connectivity index (χ3n) is 14.8. The van der Waals surface area contributed by atoms with Crippen LogP contribution in [-0.2, 0) is 28.6 Å². The van der Waals surface area contributed by atoms with Crippen LogP contribution in [0.2, 0.25) is 0 Å². The predicted molar refractivity (Wildman–Crippen MR) is 325 cm³/mol. The Labute approximate surface area is 467 Å². The molecule has 0 saturated heterocycles. The lowest BCUT2D eigenvalue weighted by molar-refractivity contribution is -0.167. The number of allylic oxidation sites excluding steroid dienone is 8. The topological polar surface area (TPSA) is 78.9 Å². The Hall–Kier alpha value is -2.63. The normalized spacial score (nSPS) is 12.3. The predicted octanol–water partition coefficient (Wildman–Crippen LogP) is 22.6. The van der Waals surface area contributed by atoms with Crippen LogP contribution < -0.4 is 0 Å². The number of unbranched alkanes of at least 4 members (excludes halogenated alkanes) is 42. The van der Waals surface area contributed by atoms with Gasteiger partial charge in [-0.25, -0.2) is 0 Å². The Balaban J connectivity index is 4.11. The van der Waals surface area contributed by atoms with E-state index in [1.54, 1.807) is 0 Å². The molecule has 0 heterocycles. The zero-order chi connectivity index (χ0) is 54.3. The van der Waals surface area contributed by atoms with Crippen LogP contribution in [0.4, 0.5) is 0 Å². The maximum Gasteiger partial charge on any atom is 0.306 e. The SMILES string of the molecule is CCCCCCC/C=C\C/C=C\C/C=C\CCCCCCCCCCCCCCCCCCC(=O)OCC(COC(=O)CCCCCCCCCCCC)OC(=O)CCCCCCC/C=C\CCCCCCCCC. The first-order valence-electron chi connectivity index (χ1n) is 33.1. The molecule has 0 spiro atoms. The highest BCUT2D eigenvalue weighted by atomic mass is 16.6. The van der Waals surface area contributed by atoms with E-state index in [0.717, 1.165) is 77.0 Å². The van der Waals surface area contributed by atoms with Crippen molar-refractivity contribution in [3.63, 3.8) is 0 Å². The molecule has 0 bridgehead atoms. The third kappa shape index (κ3) is 62.1. The Morgan fingerprint density at radius 3 is 0.760 bits per heavy atom. The van der Waals surface area contributed by atoms with Crippen LogP contribution in [0, 0.1) is 0 Å². The molecule has 0 aromatic rings. The van der Waals surface area contributed by atoms with Crippen LogP contribution in [0.3, 0.4) is 0 Å². The molecule has 1 unspecified atom stereocenters. The molecule has 0 fully saturated rings. The summed E-state index contributed by atoms with van der Waals surface area (Å²) in [6, 6.07) is 0. The fraction of sp³-hybridized carbons (Fsp3) is 0.841. The largest absolute Gasteiger partial charge is 0.462 e. The van der Waals surface area contributed by atoms with E-state index in [4.69, 9.17) is 14.2 Å². The number of carbonyl (C=O) groups excluding carboxylic acids is 3. The van der Waals surface area contributed by atoms with Crippen LogP contribution in [0.5, 0.6) is 0 Å². The zero-order valence-electron chi connectivity index (χ0n) is 50.3. The molecule has 1 atom stereocenters. The van der Waals surface area contributed by atoms with Gasteiger partial charge in [-0.3, -0.25) is 14.4 Å². The summed E-state index contributed by atoms with van der Waals surface area (Å²) in [4.78, 5) is 38.2. The number of carbonyl (C=O) groups is 3. The van der Waals surface area contributed by atoms with Crippen molar-refractivity contribution in [3.8, 4) is 0 Å². The molecule has 6 nitrogen and oxygen atoms in total. The Kier molecular flexibility index (Phi) is 61.7. The zero-order valence-corrected chi connectivity index (χ0v) is 50.3. The van der Waals surface area contributed by atoms with Crippen molar-refractivity contribution in [3.05, 3.63) is 48.6 Å². The lowest BCUT2D eigenvalue weighted by Gasteiger charge is -2.18.